The number of amides is 6. The van der Waals surface area contributed by atoms with E-state index in [1.807, 2.05) is 13.8 Å². The van der Waals surface area contributed by atoms with Crippen molar-refractivity contribution >= 4 is 60.0 Å². The summed E-state index contributed by atoms with van der Waals surface area (Å²) in [7, 11) is 0. The molecule has 11 N–H and O–H groups in total. The standard InChI is InChI=1S/C36H56N8O10S/c1-21(2)17-25(41-31(48)23(38)11-6-7-15-37)32(49)43-27(20-55)33(50)42-26(18-22-9-4-3-5-10-22)35(52)44-16-8-12-28(44)34(51)39-19-29(45)40-24(36(53)54)13-14-30(46)47/h3-5,9-10,21,23-28,55H,6-8,11-20,37-38H2,1-2H3,(H,39,51)(H,40,45)(H,41,48)(H,42,50)(H,43,49)(H,46,47)(H,53,54)/t23-,24-,25-,26-,27-,28-/m0/s1. The first-order valence-corrected chi connectivity index (χ1v) is 19.0. The van der Waals surface area contributed by atoms with Crippen molar-refractivity contribution in [3.05, 3.63) is 35.9 Å². The minimum Gasteiger partial charge on any atom is -0.481 e. The first-order chi connectivity index (χ1) is 26.1. The van der Waals surface area contributed by atoms with Crippen LogP contribution in [-0.2, 0) is 44.8 Å². The highest BCUT2D eigenvalue weighted by molar-refractivity contribution is 7.80. The van der Waals surface area contributed by atoms with Gasteiger partial charge in [-0.25, -0.2) is 4.79 Å². The van der Waals surface area contributed by atoms with Gasteiger partial charge in [-0.15, -0.1) is 0 Å². The van der Waals surface area contributed by atoms with Crippen LogP contribution in [0, 0.1) is 5.92 Å². The van der Waals surface area contributed by atoms with E-state index in [2.05, 4.69) is 39.2 Å². The van der Waals surface area contributed by atoms with Gasteiger partial charge in [-0.1, -0.05) is 50.6 Å². The van der Waals surface area contributed by atoms with E-state index in [4.69, 9.17) is 16.6 Å². The number of nitrogens with two attached hydrogens (primary N) is 2. The Kier molecular flexibility index (Phi) is 20.2. The summed E-state index contributed by atoms with van der Waals surface area (Å²) in [5.41, 5.74) is 12.3. The second-order valence-corrected chi connectivity index (χ2v) is 14.2. The van der Waals surface area contributed by atoms with Gasteiger partial charge in [-0.3, -0.25) is 33.6 Å². The second kappa shape index (κ2) is 23.9. The van der Waals surface area contributed by atoms with Crippen molar-refractivity contribution in [1.82, 2.24) is 31.5 Å². The van der Waals surface area contributed by atoms with Crippen LogP contribution in [0.25, 0.3) is 0 Å². The minimum absolute atomic E-state index is 0.00821. The molecular formula is C36H56N8O10S. The zero-order valence-electron chi connectivity index (χ0n) is 31.3. The fourth-order valence-electron chi connectivity index (χ4n) is 5.97. The van der Waals surface area contributed by atoms with Crippen LogP contribution in [0.5, 0.6) is 0 Å². The Labute approximate surface area is 326 Å². The van der Waals surface area contributed by atoms with Crippen LogP contribution >= 0.6 is 12.6 Å². The maximum absolute atomic E-state index is 14.1. The second-order valence-electron chi connectivity index (χ2n) is 13.9. The van der Waals surface area contributed by atoms with E-state index in [0.29, 0.717) is 37.8 Å². The van der Waals surface area contributed by atoms with E-state index in [0.717, 1.165) is 0 Å². The van der Waals surface area contributed by atoms with E-state index >= 15 is 0 Å². The van der Waals surface area contributed by atoms with Crippen LogP contribution < -0.4 is 38.1 Å². The molecule has 2 rings (SSSR count). The van der Waals surface area contributed by atoms with Gasteiger partial charge in [0.05, 0.1) is 12.6 Å². The van der Waals surface area contributed by atoms with Crippen molar-refractivity contribution in [2.75, 3.05) is 25.4 Å². The van der Waals surface area contributed by atoms with Crippen LogP contribution in [0.2, 0.25) is 0 Å². The fourth-order valence-corrected chi connectivity index (χ4v) is 6.23. The van der Waals surface area contributed by atoms with Gasteiger partial charge in [0.1, 0.15) is 30.2 Å². The molecule has 0 unspecified atom stereocenters. The average molecular weight is 793 g/mol. The number of carbonyl (C=O) groups excluding carboxylic acids is 6. The zero-order chi connectivity index (χ0) is 41.1. The summed E-state index contributed by atoms with van der Waals surface area (Å²) < 4.78 is 0. The minimum atomic E-state index is -1.48. The number of likely N-dealkylation sites (tertiary alicyclic amines) is 1. The number of hydrogen-bond acceptors (Lipinski definition) is 11. The molecule has 0 aliphatic carbocycles. The Hall–Kier alpha value is -4.75. The number of unbranched alkanes of at least 4 members (excludes halogenated alkanes) is 1. The Morgan fingerprint density at radius 3 is 2.09 bits per heavy atom. The van der Waals surface area contributed by atoms with Crippen molar-refractivity contribution in [3.8, 4) is 0 Å². The van der Waals surface area contributed by atoms with Crippen molar-refractivity contribution < 1.29 is 48.6 Å². The maximum Gasteiger partial charge on any atom is 0.326 e. The normalized spacial score (nSPS) is 16.5. The molecule has 6 atom stereocenters. The maximum atomic E-state index is 14.1. The number of nitrogens with zero attached hydrogens (tertiary/aromatic N) is 1. The molecule has 0 bridgehead atoms. The molecule has 1 heterocycles. The number of aliphatic carboxylic acids is 2. The van der Waals surface area contributed by atoms with Crippen molar-refractivity contribution in [1.29, 1.82) is 0 Å². The highest BCUT2D eigenvalue weighted by Crippen LogP contribution is 2.20. The molecule has 1 aromatic carbocycles. The van der Waals surface area contributed by atoms with E-state index in [9.17, 15) is 43.5 Å². The van der Waals surface area contributed by atoms with Crippen LogP contribution in [0.15, 0.2) is 30.3 Å². The van der Waals surface area contributed by atoms with Gasteiger partial charge >= 0.3 is 11.9 Å². The molecule has 306 valence electrons. The first-order valence-electron chi connectivity index (χ1n) is 18.4. The lowest BCUT2D eigenvalue weighted by molar-refractivity contribution is -0.143. The van der Waals surface area contributed by atoms with Gasteiger partial charge in [0.2, 0.25) is 35.4 Å². The van der Waals surface area contributed by atoms with E-state index in [1.165, 1.54) is 4.90 Å². The molecule has 0 radical (unpaired) electrons. The van der Waals surface area contributed by atoms with Gasteiger partial charge in [-0.2, -0.15) is 12.6 Å². The molecular weight excluding hydrogens is 737 g/mol. The molecule has 1 saturated heterocycles. The van der Waals surface area contributed by atoms with Crippen LogP contribution in [-0.4, -0.2) is 124 Å². The molecule has 0 spiro atoms. The number of carboxylic acid groups (broad SMARTS) is 2. The molecule has 1 aliphatic heterocycles. The predicted molar refractivity (Wildman–Crippen MR) is 204 cm³/mol. The third kappa shape index (κ3) is 16.3. The number of benzene rings is 1. The summed E-state index contributed by atoms with van der Waals surface area (Å²) >= 11 is 4.28. The Balaban J connectivity index is 2.18. The molecule has 1 aliphatic rings. The summed E-state index contributed by atoms with van der Waals surface area (Å²) in [4.78, 5) is 103. The van der Waals surface area contributed by atoms with E-state index in [-0.39, 0.29) is 43.9 Å². The lowest BCUT2D eigenvalue weighted by Gasteiger charge is -2.30. The third-order valence-electron chi connectivity index (χ3n) is 8.90. The highest BCUT2D eigenvalue weighted by atomic mass is 32.1. The number of hydrogen-bond donors (Lipinski definition) is 10. The SMILES string of the molecule is CC(C)C[C@H](NC(=O)[C@@H](N)CCCCN)C(=O)N[C@@H](CS)C(=O)N[C@@H](Cc1ccccc1)C(=O)N1CCC[C@H]1C(=O)NCC(=O)N[C@@H](CCC(=O)O)C(=O)O. The average Bonchev–Trinajstić information content (AvgIpc) is 3.64. The van der Waals surface area contributed by atoms with E-state index in [1.54, 1.807) is 30.3 Å². The summed E-state index contributed by atoms with van der Waals surface area (Å²) in [6.45, 7) is 3.75. The molecule has 0 aromatic heterocycles. The summed E-state index contributed by atoms with van der Waals surface area (Å²) in [6.07, 6.45) is 1.85. The largest absolute Gasteiger partial charge is 0.481 e. The molecule has 0 saturated carbocycles. The lowest BCUT2D eigenvalue weighted by atomic mass is 10.0. The zero-order valence-corrected chi connectivity index (χ0v) is 32.2. The Morgan fingerprint density at radius 2 is 1.49 bits per heavy atom. The smallest absolute Gasteiger partial charge is 0.326 e. The predicted octanol–water partition coefficient (Wildman–Crippen LogP) is -1.34. The van der Waals surface area contributed by atoms with E-state index < -0.39 is 96.6 Å². The summed E-state index contributed by atoms with van der Waals surface area (Å²) in [5.74, 6) is -6.83. The van der Waals surface area contributed by atoms with Gasteiger partial charge in [0, 0.05) is 25.1 Å². The Morgan fingerprint density at radius 1 is 0.855 bits per heavy atom. The number of rotatable bonds is 24. The molecule has 18 nitrogen and oxygen atoms in total. The molecule has 6 amide bonds. The quantitative estimate of drug-likeness (QED) is 0.0430. The fraction of sp³-hybridized carbons (Fsp3) is 0.611. The van der Waals surface area contributed by atoms with Gasteiger partial charge in [0.15, 0.2) is 0 Å². The number of nitrogens with one attached hydrogen (secondary N) is 5. The molecule has 55 heavy (non-hydrogen) atoms. The molecule has 1 fully saturated rings. The summed E-state index contributed by atoms with van der Waals surface area (Å²) in [5, 5.41) is 30.8. The van der Waals surface area contributed by atoms with Crippen LogP contribution in [0.3, 0.4) is 0 Å². The van der Waals surface area contributed by atoms with Gasteiger partial charge in [0.25, 0.3) is 0 Å². The number of carboxylic acids is 2. The topological polar surface area (TPSA) is 292 Å². The lowest BCUT2D eigenvalue weighted by Crippen LogP contribution is -2.60. The summed E-state index contributed by atoms with van der Waals surface area (Å²) in [6, 6.07) is 2.08. The van der Waals surface area contributed by atoms with Crippen LogP contribution in [0.4, 0.5) is 0 Å². The number of carbonyl (C=O) groups is 8. The van der Waals surface area contributed by atoms with Gasteiger partial charge in [-0.05, 0) is 56.6 Å². The molecule has 1 aromatic rings. The third-order valence-corrected chi connectivity index (χ3v) is 9.27. The Bertz CT molecular complexity index is 1480. The monoisotopic (exact) mass is 792 g/mol. The molecule has 19 heteroatoms. The van der Waals surface area contributed by atoms with Crippen molar-refractivity contribution in [2.24, 2.45) is 17.4 Å². The van der Waals surface area contributed by atoms with Crippen molar-refractivity contribution in [2.45, 2.75) is 108 Å². The van der Waals surface area contributed by atoms with Crippen molar-refractivity contribution in [3.63, 3.8) is 0 Å². The van der Waals surface area contributed by atoms with Gasteiger partial charge < -0.3 is 53.2 Å². The van der Waals surface area contributed by atoms with Crippen LogP contribution in [0.1, 0.15) is 70.8 Å². The number of thiol groups is 1. The highest BCUT2D eigenvalue weighted by Gasteiger charge is 2.39. The first kappa shape index (κ1) is 46.4.